The van der Waals surface area contributed by atoms with Gasteiger partial charge in [0.2, 0.25) is 0 Å². The van der Waals surface area contributed by atoms with Crippen LogP contribution in [0.25, 0.3) is 16.5 Å². The number of phenols is 1. The molecule has 5 rings (SSSR count). The molecule has 2 aromatic heterocycles. The third-order valence-corrected chi connectivity index (χ3v) is 6.49. The van der Waals surface area contributed by atoms with Crippen LogP contribution in [0.3, 0.4) is 0 Å². The summed E-state index contributed by atoms with van der Waals surface area (Å²) in [5.74, 6) is -1.08. The fraction of sp³-hybridized carbons (Fsp3) is 0.103. The molecule has 0 aliphatic carbocycles. The molecule has 9 heteroatoms. The Bertz CT molecular complexity index is 1780. The molecule has 3 aromatic carbocycles. The number of fused-ring (bicyclic) bond motifs is 1. The Morgan fingerprint density at radius 2 is 1.82 bits per heavy atom. The van der Waals surface area contributed by atoms with Crippen molar-refractivity contribution in [3.63, 3.8) is 0 Å². The number of nitrogen functional groups attached to an aromatic ring is 1. The molecule has 0 saturated heterocycles. The highest BCUT2D eigenvalue weighted by Gasteiger charge is 2.19. The highest BCUT2D eigenvalue weighted by atomic mass is 19.1. The van der Waals surface area contributed by atoms with Gasteiger partial charge in [0.05, 0.1) is 28.9 Å². The van der Waals surface area contributed by atoms with Crippen LogP contribution >= 0.6 is 0 Å². The maximum atomic E-state index is 14.0. The molecule has 190 valence electrons. The van der Waals surface area contributed by atoms with E-state index in [4.69, 9.17) is 11.1 Å². The first-order valence-corrected chi connectivity index (χ1v) is 11.9. The number of nitrogens with two attached hydrogens (primary N) is 1. The lowest BCUT2D eigenvalue weighted by molar-refractivity contribution is 0.432. The number of anilines is 2. The predicted molar refractivity (Wildman–Crippen MR) is 147 cm³/mol. The van der Waals surface area contributed by atoms with E-state index in [2.05, 4.69) is 15.3 Å². The lowest BCUT2D eigenvalue weighted by atomic mass is 10.0. The molecule has 0 unspecified atom stereocenters. The minimum Gasteiger partial charge on any atom is -0.505 e. The Hall–Kier alpha value is -5.05. The number of nitrogens with zero attached hydrogens (tertiary/aromatic N) is 3. The lowest BCUT2D eigenvalue weighted by Gasteiger charge is -2.19. The number of aromatic hydroxyl groups is 1. The first-order valence-electron chi connectivity index (χ1n) is 11.9. The number of hydrogen-bond donors (Lipinski definition) is 4. The Kier molecular flexibility index (Phi) is 6.34. The molecule has 8 nitrogen and oxygen atoms in total. The third kappa shape index (κ3) is 4.34. The number of rotatable bonds is 6. The van der Waals surface area contributed by atoms with Crippen LogP contribution in [-0.2, 0) is 6.54 Å². The van der Waals surface area contributed by atoms with Gasteiger partial charge in [0.1, 0.15) is 18.0 Å². The van der Waals surface area contributed by atoms with Gasteiger partial charge in [-0.25, -0.2) is 14.4 Å². The fourth-order valence-electron chi connectivity index (χ4n) is 4.56. The Labute approximate surface area is 217 Å². The summed E-state index contributed by atoms with van der Waals surface area (Å²) in [7, 11) is 0. The number of pyridine rings is 1. The van der Waals surface area contributed by atoms with Crippen molar-refractivity contribution < 1.29 is 9.50 Å². The molecule has 5 N–H and O–H groups in total. The summed E-state index contributed by atoms with van der Waals surface area (Å²) in [6.45, 7) is 4.04. The van der Waals surface area contributed by atoms with Gasteiger partial charge in [-0.15, -0.1) is 0 Å². The lowest BCUT2D eigenvalue weighted by Crippen LogP contribution is -2.25. The number of benzene rings is 3. The zero-order chi connectivity index (χ0) is 27.0. The number of phenolic OH excluding ortho intramolecular Hbond substituents is 1. The van der Waals surface area contributed by atoms with E-state index in [0.29, 0.717) is 11.1 Å². The van der Waals surface area contributed by atoms with Crippen molar-refractivity contribution in [2.24, 2.45) is 0 Å². The maximum absolute atomic E-state index is 14.0. The minimum atomic E-state index is -0.856. The Balaban J connectivity index is 1.61. The standard InChI is InChI=1S/C29H25FN6O2/c1-16-6-3-4-9-22(16)36-20(12-18-8-5-7-17(2)24(18)29(36)38)14-33-28-25(27(32)34-15-35-28)26(31)19-10-11-23(37)21(30)13-19/h3-13,15,31,37H,14H2,1-2H3,(H3,32,33,34,35). The van der Waals surface area contributed by atoms with Gasteiger partial charge in [-0.2, -0.15) is 0 Å². The van der Waals surface area contributed by atoms with Crippen molar-refractivity contribution in [1.82, 2.24) is 14.5 Å². The average Bonchev–Trinajstić information content (AvgIpc) is 2.89. The van der Waals surface area contributed by atoms with Crippen LogP contribution in [0, 0.1) is 25.1 Å². The molecule has 0 fully saturated rings. The van der Waals surface area contributed by atoms with E-state index < -0.39 is 11.6 Å². The molecule has 2 heterocycles. The zero-order valence-electron chi connectivity index (χ0n) is 20.8. The molecule has 0 spiro atoms. The van der Waals surface area contributed by atoms with Crippen LogP contribution in [-0.4, -0.2) is 25.4 Å². The zero-order valence-corrected chi connectivity index (χ0v) is 20.8. The number of halogens is 1. The van der Waals surface area contributed by atoms with Gasteiger partial charge in [0.25, 0.3) is 5.56 Å². The SMILES string of the molecule is Cc1ccccc1-n1c(CNc2ncnc(N)c2C(=N)c2ccc(O)c(F)c2)cc2cccc(C)c2c1=O. The molecule has 0 amide bonds. The van der Waals surface area contributed by atoms with E-state index >= 15 is 0 Å². The van der Waals surface area contributed by atoms with Crippen molar-refractivity contribution in [3.05, 3.63) is 117 Å². The first-order chi connectivity index (χ1) is 18.3. The smallest absolute Gasteiger partial charge is 0.263 e. The monoisotopic (exact) mass is 508 g/mol. The first kappa shape index (κ1) is 24.6. The number of nitrogens with one attached hydrogen (secondary N) is 2. The van der Waals surface area contributed by atoms with Crippen LogP contribution in [0.5, 0.6) is 5.75 Å². The van der Waals surface area contributed by atoms with Crippen LogP contribution < -0.4 is 16.6 Å². The molecule has 5 aromatic rings. The van der Waals surface area contributed by atoms with Crippen molar-refractivity contribution in [2.75, 3.05) is 11.1 Å². The van der Waals surface area contributed by atoms with E-state index in [0.717, 1.165) is 28.3 Å². The number of aryl methyl sites for hydroxylation is 2. The maximum Gasteiger partial charge on any atom is 0.263 e. The number of hydrogen-bond acceptors (Lipinski definition) is 7. The van der Waals surface area contributed by atoms with Crippen molar-refractivity contribution in [1.29, 1.82) is 5.41 Å². The molecule has 0 aliphatic heterocycles. The van der Waals surface area contributed by atoms with E-state index in [-0.39, 0.29) is 40.6 Å². The van der Waals surface area contributed by atoms with Gasteiger partial charge in [0, 0.05) is 11.3 Å². The van der Waals surface area contributed by atoms with Crippen LogP contribution in [0.1, 0.15) is 27.9 Å². The van der Waals surface area contributed by atoms with E-state index in [1.54, 1.807) is 4.57 Å². The summed E-state index contributed by atoms with van der Waals surface area (Å²) >= 11 is 0. The minimum absolute atomic E-state index is 0.0337. The summed E-state index contributed by atoms with van der Waals surface area (Å²) in [5.41, 5.74) is 9.50. The van der Waals surface area contributed by atoms with Gasteiger partial charge in [-0.05, 0) is 60.7 Å². The quantitative estimate of drug-likeness (QED) is 0.243. The molecule has 0 bridgehead atoms. The normalized spacial score (nSPS) is 11.0. The summed E-state index contributed by atoms with van der Waals surface area (Å²) in [4.78, 5) is 22.1. The molecule has 0 radical (unpaired) electrons. The van der Waals surface area contributed by atoms with Crippen LogP contribution in [0.2, 0.25) is 0 Å². The molecular formula is C29H25FN6O2. The van der Waals surface area contributed by atoms with Crippen molar-refractivity contribution in [2.45, 2.75) is 20.4 Å². The second kappa shape index (κ2) is 9.78. The summed E-state index contributed by atoms with van der Waals surface area (Å²) < 4.78 is 15.7. The molecule has 38 heavy (non-hydrogen) atoms. The Morgan fingerprint density at radius 1 is 1.05 bits per heavy atom. The fourth-order valence-corrected chi connectivity index (χ4v) is 4.56. The largest absolute Gasteiger partial charge is 0.505 e. The summed E-state index contributed by atoms with van der Waals surface area (Å²) in [6.07, 6.45) is 1.27. The number of aromatic nitrogens is 3. The molecular weight excluding hydrogens is 483 g/mol. The highest BCUT2D eigenvalue weighted by molar-refractivity contribution is 6.16. The van der Waals surface area contributed by atoms with Gasteiger partial charge >= 0.3 is 0 Å². The van der Waals surface area contributed by atoms with Crippen LogP contribution in [0.15, 0.2) is 77.9 Å². The summed E-state index contributed by atoms with van der Waals surface area (Å²) in [6, 6.07) is 19.0. The van der Waals surface area contributed by atoms with E-state index in [9.17, 15) is 14.3 Å². The topological polar surface area (TPSA) is 130 Å². The number of para-hydroxylation sites is 1. The van der Waals surface area contributed by atoms with Crippen molar-refractivity contribution >= 4 is 28.1 Å². The van der Waals surface area contributed by atoms with Gasteiger partial charge < -0.3 is 16.2 Å². The van der Waals surface area contributed by atoms with Gasteiger partial charge in [-0.1, -0.05) is 36.4 Å². The summed E-state index contributed by atoms with van der Waals surface area (Å²) in [5, 5.41) is 22.9. The van der Waals surface area contributed by atoms with Crippen LogP contribution in [0.4, 0.5) is 16.0 Å². The predicted octanol–water partition coefficient (Wildman–Crippen LogP) is 4.85. The second-order valence-electron chi connectivity index (χ2n) is 8.98. The van der Waals surface area contributed by atoms with Gasteiger partial charge in [0.15, 0.2) is 11.6 Å². The Morgan fingerprint density at radius 3 is 2.58 bits per heavy atom. The van der Waals surface area contributed by atoms with Gasteiger partial charge in [-0.3, -0.25) is 14.8 Å². The van der Waals surface area contributed by atoms with E-state index in [1.807, 2.05) is 62.4 Å². The highest BCUT2D eigenvalue weighted by Crippen LogP contribution is 2.26. The van der Waals surface area contributed by atoms with Crippen molar-refractivity contribution in [3.8, 4) is 11.4 Å². The average molecular weight is 509 g/mol. The third-order valence-electron chi connectivity index (χ3n) is 6.49. The molecule has 0 saturated carbocycles. The second-order valence-corrected chi connectivity index (χ2v) is 8.98. The molecule has 0 aliphatic rings. The molecule has 0 atom stereocenters. The van der Waals surface area contributed by atoms with E-state index in [1.165, 1.54) is 18.5 Å².